The molecule has 0 radical (unpaired) electrons. The molecule has 1 rings (SSSR count). The molecular weight excluding hydrogens is 198 g/mol. The Bertz CT molecular complexity index is 384. The van der Waals surface area contributed by atoms with Crippen molar-refractivity contribution < 1.29 is 4.42 Å². The summed E-state index contributed by atoms with van der Waals surface area (Å²) in [6.07, 6.45) is 8.21. The number of hydrogen-bond acceptors (Lipinski definition) is 2. The summed E-state index contributed by atoms with van der Waals surface area (Å²) >= 11 is 0. The van der Waals surface area contributed by atoms with Crippen molar-refractivity contribution in [1.82, 2.24) is 5.32 Å². The predicted molar refractivity (Wildman–Crippen MR) is 67.4 cm³/mol. The maximum absolute atomic E-state index is 5.65. The molecule has 0 saturated carbocycles. The quantitative estimate of drug-likeness (QED) is 0.607. The Hall–Kier alpha value is -1.20. The monoisotopic (exact) mass is 219 g/mol. The standard InChI is InChI=1S/C14H21NO/c1-6-7-8-9-13(15-5)14-10(2)11(3)16-12(14)4/h1,13,15H,7-9H2,2-5H3. The van der Waals surface area contributed by atoms with Crippen LogP contribution < -0.4 is 5.32 Å². The lowest BCUT2D eigenvalue weighted by molar-refractivity contribution is 0.480. The molecule has 0 amide bonds. The number of aryl methyl sites for hydroxylation is 2. The van der Waals surface area contributed by atoms with Crippen LogP contribution in [0.3, 0.4) is 0 Å². The van der Waals surface area contributed by atoms with Crippen molar-refractivity contribution in [1.29, 1.82) is 0 Å². The number of terminal acetylenes is 1. The Morgan fingerprint density at radius 2 is 2.00 bits per heavy atom. The molecule has 16 heavy (non-hydrogen) atoms. The molecular formula is C14H21NO. The number of unbranched alkanes of at least 4 members (excludes halogenated alkanes) is 1. The van der Waals surface area contributed by atoms with Crippen molar-refractivity contribution in [2.24, 2.45) is 0 Å². The minimum absolute atomic E-state index is 0.353. The lowest BCUT2D eigenvalue weighted by atomic mass is 9.97. The van der Waals surface area contributed by atoms with Crippen molar-refractivity contribution >= 4 is 0 Å². The average Bonchev–Trinajstić information content (AvgIpc) is 2.50. The van der Waals surface area contributed by atoms with Crippen molar-refractivity contribution in [3.63, 3.8) is 0 Å². The average molecular weight is 219 g/mol. The zero-order valence-corrected chi connectivity index (χ0v) is 10.7. The van der Waals surface area contributed by atoms with Crippen LogP contribution in [0.5, 0.6) is 0 Å². The molecule has 2 nitrogen and oxygen atoms in total. The van der Waals surface area contributed by atoms with Crippen LogP contribution in [0, 0.1) is 33.1 Å². The van der Waals surface area contributed by atoms with Gasteiger partial charge in [-0.25, -0.2) is 0 Å². The first-order valence-electron chi connectivity index (χ1n) is 5.79. The summed E-state index contributed by atoms with van der Waals surface area (Å²) in [5.74, 6) is 4.72. The van der Waals surface area contributed by atoms with Crippen LogP contribution >= 0.6 is 0 Å². The molecule has 0 aliphatic rings. The summed E-state index contributed by atoms with van der Waals surface area (Å²) in [6, 6.07) is 0.353. The number of nitrogens with one attached hydrogen (secondary N) is 1. The third-order valence-corrected chi connectivity index (χ3v) is 3.13. The molecule has 0 aromatic carbocycles. The highest BCUT2D eigenvalue weighted by molar-refractivity contribution is 5.34. The van der Waals surface area contributed by atoms with Crippen molar-refractivity contribution in [2.75, 3.05) is 7.05 Å². The summed E-state index contributed by atoms with van der Waals surface area (Å²) in [5.41, 5.74) is 2.56. The van der Waals surface area contributed by atoms with Crippen LogP contribution in [0.2, 0.25) is 0 Å². The van der Waals surface area contributed by atoms with Gasteiger partial charge >= 0.3 is 0 Å². The molecule has 88 valence electrons. The van der Waals surface area contributed by atoms with Gasteiger partial charge in [0.05, 0.1) is 0 Å². The fraction of sp³-hybridized carbons (Fsp3) is 0.571. The molecule has 0 bridgehead atoms. The Balaban J connectivity index is 2.83. The molecule has 1 aromatic heterocycles. The Morgan fingerprint density at radius 1 is 1.31 bits per heavy atom. The van der Waals surface area contributed by atoms with Gasteiger partial charge in [-0.1, -0.05) is 0 Å². The first kappa shape index (κ1) is 12.9. The third-order valence-electron chi connectivity index (χ3n) is 3.13. The van der Waals surface area contributed by atoms with E-state index in [0.717, 1.165) is 30.8 Å². The molecule has 1 atom stereocenters. The zero-order valence-electron chi connectivity index (χ0n) is 10.7. The molecule has 2 heteroatoms. The van der Waals surface area contributed by atoms with Gasteiger partial charge < -0.3 is 9.73 Å². The second-order valence-corrected chi connectivity index (χ2v) is 4.19. The fourth-order valence-corrected chi connectivity index (χ4v) is 2.16. The first-order chi connectivity index (χ1) is 7.61. The second kappa shape index (κ2) is 5.77. The van der Waals surface area contributed by atoms with Gasteiger partial charge in [-0.3, -0.25) is 0 Å². The first-order valence-corrected chi connectivity index (χ1v) is 5.79. The largest absolute Gasteiger partial charge is 0.466 e. The van der Waals surface area contributed by atoms with Gasteiger partial charge in [0.1, 0.15) is 11.5 Å². The van der Waals surface area contributed by atoms with Crippen LogP contribution in [0.1, 0.15) is 48.0 Å². The summed E-state index contributed by atoms with van der Waals surface area (Å²) in [5, 5.41) is 3.34. The normalized spacial score (nSPS) is 12.4. The Kier molecular flexibility index (Phi) is 4.64. The highest BCUT2D eigenvalue weighted by Crippen LogP contribution is 2.29. The van der Waals surface area contributed by atoms with E-state index in [1.54, 1.807) is 0 Å². The van der Waals surface area contributed by atoms with Gasteiger partial charge in [-0.2, -0.15) is 0 Å². The van der Waals surface area contributed by atoms with Gasteiger partial charge in [-0.05, 0) is 46.2 Å². The molecule has 0 aliphatic heterocycles. The van der Waals surface area contributed by atoms with E-state index in [4.69, 9.17) is 10.8 Å². The van der Waals surface area contributed by atoms with E-state index in [0.29, 0.717) is 6.04 Å². The minimum Gasteiger partial charge on any atom is -0.466 e. The molecule has 1 heterocycles. The van der Waals surface area contributed by atoms with E-state index < -0.39 is 0 Å². The molecule has 1 N–H and O–H groups in total. The van der Waals surface area contributed by atoms with Gasteiger partial charge in [0.2, 0.25) is 0 Å². The van der Waals surface area contributed by atoms with E-state index in [9.17, 15) is 0 Å². The molecule has 1 aromatic rings. The number of hydrogen-bond donors (Lipinski definition) is 1. The van der Waals surface area contributed by atoms with Gasteiger partial charge in [0, 0.05) is 18.0 Å². The second-order valence-electron chi connectivity index (χ2n) is 4.19. The summed E-state index contributed by atoms with van der Waals surface area (Å²) < 4.78 is 5.65. The zero-order chi connectivity index (χ0) is 12.1. The van der Waals surface area contributed by atoms with Crippen LogP contribution in [0.25, 0.3) is 0 Å². The maximum Gasteiger partial charge on any atom is 0.106 e. The lowest BCUT2D eigenvalue weighted by Crippen LogP contribution is -2.17. The predicted octanol–water partition coefficient (Wildman–Crippen LogP) is 3.27. The smallest absolute Gasteiger partial charge is 0.106 e. The van der Waals surface area contributed by atoms with Crippen LogP contribution in [0.4, 0.5) is 0 Å². The summed E-state index contributed by atoms with van der Waals surface area (Å²) in [7, 11) is 1.99. The van der Waals surface area contributed by atoms with E-state index in [2.05, 4.69) is 18.2 Å². The van der Waals surface area contributed by atoms with E-state index in [1.165, 1.54) is 11.1 Å². The van der Waals surface area contributed by atoms with Gasteiger partial charge in [-0.15, -0.1) is 12.3 Å². The summed E-state index contributed by atoms with van der Waals surface area (Å²) in [4.78, 5) is 0. The molecule has 0 fully saturated rings. The fourth-order valence-electron chi connectivity index (χ4n) is 2.16. The number of rotatable bonds is 5. The highest BCUT2D eigenvalue weighted by Gasteiger charge is 2.18. The molecule has 0 spiro atoms. The minimum atomic E-state index is 0.353. The van der Waals surface area contributed by atoms with Gasteiger partial charge in [0.25, 0.3) is 0 Å². The van der Waals surface area contributed by atoms with Gasteiger partial charge in [0.15, 0.2) is 0 Å². The Morgan fingerprint density at radius 3 is 2.44 bits per heavy atom. The van der Waals surface area contributed by atoms with Crippen LogP contribution in [0.15, 0.2) is 4.42 Å². The number of furan rings is 1. The SMILES string of the molecule is C#CCCCC(NC)c1c(C)oc(C)c1C. The van der Waals surface area contributed by atoms with E-state index in [-0.39, 0.29) is 0 Å². The Labute approximate surface area is 98.4 Å². The topological polar surface area (TPSA) is 25.2 Å². The highest BCUT2D eigenvalue weighted by atomic mass is 16.3. The van der Waals surface area contributed by atoms with Crippen molar-refractivity contribution in [3.05, 3.63) is 22.6 Å². The van der Waals surface area contributed by atoms with Crippen LogP contribution in [-0.4, -0.2) is 7.05 Å². The summed E-state index contributed by atoms with van der Waals surface area (Å²) in [6.45, 7) is 6.16. The lowest BCUT2D eigenvalue weighted by Gasteiger charge is -2.16. The maximum atomic E-state index is 5.65. The van der Waals surface area contributed by atoms with Crippen molar-refractivity contribution in [3.8, 4) is 12.3 Å². The van der Waals surface area contributed by atoms with E-state index in [1.807, 2.05) is 20.9 Å². The van der Waals surface area contributed by atoms with Crippen molar-refractivity contribution in [2.45, 2.75) is 46.1 Å². The van der Waals surface area contributed by atoms with E-state index >= 15 is 0 Å². The molecule has 0 saturated heterocycles. The molecule has 1 unspecified atom stereocenters. The molecule has 0 aliphatic carbocycles. The third kappa shape index (κ3) is 2.68. The van der Waals surface area contributed by atoms with Crippen LogP contribution in [-0.2, 0) is 0 Å².